The Bertz CT molecular complexity index is 207. The molecule has 0 aliphatic rings. The predicted octanol–water partition coefficient (Wildman–Crippen LogP) is 4.38. The van der Waals surface area contributed by atoms with E-state index >= 15 is 0 Å². The van der Waals surface area contributed by atoms with Crippen LogP contribution in [-0.4, -0.2) is 19.1 Å². The standard InChI is InChI=1S/C13H22ClN/c1-3-4-9-13(12-14)10-7-5-6-8-11-15-2/h5,7,10H,2-4,6,8-9,11-12H2,1H3/b7-5-,13-10+. The number of halogens is 1. The van der Waals surface area contributed by atoms with Gasteiger partial charge in [0, 0.05) is 12.4 Å². The molecule has 86 valence electrons. The minimum atomic E-state index is 0.651. The highest BCUT2D eigenvalue weighted by Gasteiger charge is 1.92. The van der Waals surface area contributed by atoms with Crippen LogP contribution in [-0.2, 0) is 0 Å². The fourth-order valence-electron chi connectivity index (χ4n) is 1.22. The molecule has 0 bridgehead atoms. The lowest BCUT2D eigenvalue weighted by atomic mass is 10.1. The predicted molar refractivity (Wildman–Crippen MR) is 71.1 cm³/mol. The third-order valence-corrected chi connectivity index (χ3v) is 2.52. The van der Waals surface area contributed by atoms with Crippen molar-refractivity contribution in [3.8, 4) is 0 Å². The van der Waals surface area contributed by atoms with Crippen LogP contribution in [0.4, 0.5) is 0 Å². The third-order valence-electron chi connectivity index (χ3n) is 2.18. The van der Waals surface area contributed by atoms with E-state index in [0.717, 1.165) is 25.8 Å². The van der Waals surface area contributed by atoms with Crippen molar-refractivity contribution in [2.45, 2.75) is 39.0 Å². The van der Waals surface area contributed by atoms with Gasteiger partial charge in [-0.25, -0.2) is 0 Å². The van der Waals surface area contributed by atoms with Gasteiger partial charge in [0.05, 0.1) is 0 Å². The van der Waals surface area contributed by atoms with Crippen LogP contribution in [0.2, 0.25) is 0 Å². The second-order valence-corrected chi connectivity index (χ2v) is 3.85. The average molecular weight is 228 g/mol. The van der Waals surface area contributed by atoms with E-state index in [1.807, 2.05) is 0 Å². The van der Waals surface area contributed by atoms with E-state index in [1.54, 1.807) is 0 Å². The molecule has 0 aromatic rings. The van der Waals surface area contributed by atoms with E-state index in [1.165, 1.54) is 18.4 Å². The van der Waals surface area contributed by atoms with Crippen LogP contribution in [0.1, 0.15) is 39.0 Å². The molecular weight excluding hydrogens is 206 g/mol. The summed E-state index contributed by atoms with van der Waals surface area (Å²) in [7, 11) is 0. The number of alkyl halides is 1. The Morgan fingerprint density at radius 3 is 2.80 bits per heavy atom. The Labute approximate surface area is 98.9 Å². The Balaban J connectivity index is 3.72. The van der Waals surface area contributed by atoms with Crippen molar-refractivity contribution in [1.82, 2.24) is 0 Å². The third kappa shape index (κ3) is 9.74. The highest BCUT2D eigenvalue weighted by molar-refractivity contribution is 6.19. The van der Waals surface area contributed by atoms with Gasteiger partial charge in [-0.1, -0.05) is 37.1 Å². The molecule has 0 aromatic heterocycles. The highest BCUT2D eigenvalue weighted by atomic mass is 35.5. The van der Waals surface area contributed by atoms with Crippen LogP contribution in [0.3, 0.4) is 0 Å². The molecule has 0 heterocycles. The van der Waals surface area contributed by atoms with Gasteiger partial charge in [0.1, 0.15) is 0 Å². The molecule has 0 saturated carbocycles. The van der Waals surface area contributed by atoms with Gasteiger partial charge in [0.15, 0.2) is 0 Å². The number of nitrogens with zero attached hydrogens (tertiary/aromatic N) is 1. The topological polar surface area (TPSA) is 12.4 Å². The molecule has 15 heavy (non-hydrogen) atoms. The smallest absolute Gasteiger partial charge is 0.0436 e. The van der Waals surface area contributed by atoms with Crippen molar-refractivity contribution in [3.63, 3.8) is 0 Å². The first-order valence-electron chi connectivity index (χ1n) is 5.68. The Morgan fingerprint density at radius 1 is 1.40 bits per heavy atom. The molecule has 0 saturated heterocycles. The zero-order chi connectivity index (χ0) is 11.4. The van der Waals surface area contributed by atoms with Crippen LogP contribution >= 0.6 is 11.6 Å². The molecule has 0 spiro atoms. The maximum atomic E-state index is 5.84. The number of rotatable bonds is 9. The lowest BCUT2D eigenvalue weighted by Crippen LogP contribution is -1.84. The largest absolute Gasteiger partial charge is 0.301 e. The molecule has 0 rings (SSSR count). The molecule has 0 aromatic carbocycles. The van der Waals surface area contributed by atoms with Crippen molar-refractivity contribution in [2.24, 2.45) is 4.99 Å². The molecule has 0 atom stereocenters. The summed E-state index contributed by atoms with van der Waals surface area (Å²) in [4.78, 5) is 3.80. The van der Waals surface area contributed by atoms with Crippen molar-refractivity contribution in [3.05, 3.63) is 23.8 Å². The Kier molecular flexibility index (Phi) is 11.1. The van der Waals surface area contributed by atoms with Crippen molar-refractivity contribution >= 4 is 18.3 Å². The zero-order valence-electron chi connectivity index (χ0n) is 9.71. The maximum absolute atomic E-state index is 5.84. The van der Waals surface area contributed by atoms with Crippen LogP contribution in [0.25, 0.3) is 0 Å². The summed E-state index contributed by atoms with van der Waals surface area (Å²) in [6.07, 6.45) is 12.1. The summed E-state index contributed by atoms with van der Waals surface area (Å²) in [6, 6.07) is 0. The molecular formula is C13H22ClN. The van der Waals surface area contributed by atoms with E-state index in [4.69, 9.17) is 11.6 Å². The summed E-state index contributed by atoms with van der Waals surface area (Å²) >= 11 is 5.84. The van der Waals surface area contributed by atoms with Crippen molar-refractivity contribution in [2.75, 3.05) is 12.4 Å². The fourth-order valence-corrected chi connectivity index (χ4v) is 1.44. The Hall–Kier alpha value is -0.560. The number of allylic oxidation sites excluding steroid dienone is 4. The first-order chi connectivity index (χ1) is 7.35. The van der Waals surface area contributed by atoms with Crippen molar-refractivity contribution in [1.29, 1.82) is 0 Å². The summed E-state index contributed by atoms with van der Waals surface area (Å²) in [5.74, 6) is 0.651. The summed E-state index contributed by atoms with van der Waals surface area (Å²) in [5.41, 5.74) is 1.33. The summed E-state index contributed by atoms with van der Waals surface area (Å²) < 4.78 is 0. The Morgan fingerprint density at radius 2 is 2.20 bits per heavy atom. The lowest BCUT2D eigenvalue weighted by molar-refractivity contribution is 0.788. The maximum Gasteiger partial charge on any atom is 0.0436 e. The van der Waals surface area contributed by atoms with E-state index in [2.05, 4.69) is 36.9 Å². The molecule has 0 radical (unpaired) electrons. The average Bonchev–Trinajstić information content (AvgIpc) is 2.27. The lowest BCUT2D eigenvalue weighted by Gasteiger charge is -1.99. The van der Waals surface area contributed by atoms with E-state index in [-0.39, 0.29) is 0 Å². The highest BCUT2D eigenvalue weighted by Crippen LogP contribution is 2.09. The molecule has 0 amide bonds. The summed E-state index contributed by atoms with van der Waals surface area (Å²) in [6.45, 7) is 6.50. The van der Waals surface area contributed by atoms with Gasteiger partial charge in [-0.3, -0.25) is 0 Å². The number of hydrogen-bond acceptors (Lipinski definition) is 1. The van der Waals surface area contributed by atoms with E-state index in [9.17, 15) is 0 Å². The number of aliphatic imine (C=N–C) groups is 1. The van der Waals surface area contributed by atoms with Crippen LogP contribution in [0, 0.1) is 0 Å². The minimum Gasteiger partial charge on any atom is -0.301 e. The van der Waals surface area contributed by atoms with Gasteiger partial charge in [-0.2, -0.15) is 0 Å². The second kappa shape index (κ2) is 11.5. The number of hydrogen-bond donors (Lipinski definition) is 0. The zero-order valence-corrected chi connectivity index (χ0v) is 10.5. The van der Waals surface area contributed by atoms with E-state index < -0.39 is 0 Å². The van der Waals surface area contributed by atoms with E-state index in [0.29, 0.717) is 5.88 Å². The molecule has 0 N–H and O–H groups in total. The fraction of sp³-hybridized carbons (Fsp3) is 0.615. The van der Waals surface area contributed by atoms with Crippen LogP contribution in [0.5, 0.6) is 0 Å². The summed E-state index contributed by atoms with van der Waals surface area (Å²) in [5, 5.41) is 0. The molecule has 1 nitrogen and oxygen atoms in total. The van der Waals surface area contributed by atoms with Gasteiger partial charge < -0.3 is 4.99 Å². The van der Waals surface area contributed by atoms with Crippen LogP contribution < -0.4 is 0 Å². The molecule has 0 unspecified atom stereocenters. The van der Waals surface area contributed by atoms with Gasteiger partial charge in [0.2, 0.25) is 0 Å². The van der Waals surface area contributed by atoms with Gasteiger partial charge in [0.25, 0.3) is 0 Å². The second-order valence-electron chi connectivity index (χ2n) is 3.58. The quantitative estimate of drug-likeness (QED) is 0.240. The van der Waals surface area contributed by atoms with Gasteiger partial charge in [-0.15, -0.1) is 11.6 Å². The SMILES string of the molecule is C=NCCC/C=C\C=C(\CCl)CCCC. The number of unbranched alkanes of at least 4 members (excludes halogenated alkanes) is 2. The molecule has 0 aliphatic heterocycles. The minimum absolute atomic E-state index is 0.651. The molecule has 2 heteroatoms. The normalized spacial score (nSPS) is 12.3. The molecule has 0 fully saturated rings. The van der Waals surface area contributed by atoms with Crippen molar-refractivity contribution < 1.29 is 0 Å². The first-order valence-corrected chi connectivity index (χ1v) is 6.21. The van der Waals surface area contributed by atoms with Crippen LogP contribution in [0.15, 0.2) is 28.8 Å². The van der Waals surface area contributed by atoms with Gasteiger partial charge in [-0.05, 0) is 32.4 Å². The first kappa shape index (κ1) is 14.4. The molecule has 0 aliphatic carbocycles. The van der Waals surface area contributed by atoms with Gasteiger partial charge >= 0.3 is 0 Å². The monoisotopic (exact) mass is 227 g/mol.